The molecule has 26 heavy (non-hydrogen) atoms. The lowest BCUT2D eigenvalue weighted by Gasteiger charge is -2.08. The molecular formula is C18H22N6OS. The zero-order valence-electron chi connectivity index (χ0n) is 15.1. The molecule has 136 valence electrons. The molecule has 0 radical (unpaired) electrons. The van der Waals surface area contributed by atoms with E-state index in [-0.39, 0.29) is 11.7 Å². The highest BCUT2D eigenvalue weighted by Gasteiger charge is 2.14. The molecule has 1 N–H and O–H groups in total. The Hall–Kier alpha value is -2.61. The first kappa shape index (κ1) is 18.2. The van der Waals surface area contributed by atoms with E-state index in [0.717, 1.165) is 29.6 Å². The zero-order chi connectivity index (χ0) is 18.5. The first-order valence-electron chi connectivity index (χ1n) is 8.46. The molecule has 0 spiro atoms. The summed E-state index contributed by atoms with van der Waals surface area (Å²) in [5.74, 6) is 1.78. The summed E-state index contributed by atoms with van der Waals surface area (Å²) in [6.45, 7) is 4.71. The maximum atomic E-state index is 12.2. The van der Waals surface area contributed by atoms with Gasteiger partial charge in [0.05, 0.1) is 11.4 Å². The average Bonchev–Trinajstić information content (AvgIpc) is 3.16. The molecule has 0 unspecified atom stereocenters. The van der Waals surface area contributed by atoms with E-state index >= 15 is 0 Å². The van der Waals surface area contributed by atoms with Gasteiger partial charge in [-0.25, -0.2) is 0 Å². The number of thioether (sulfide) groups is 1. The van der Waals surface area contributed by atoms with Gasteiger partial charge in [-0.05, 0) is 19.4 Å². The fraction of sp³-hybridized carbons (Fsp3) is 0.333. The number of aromatic nitrogens is 5. The largest absolute Gasteiger partial charge is 0.310 e. The van der Waals surface area contributed by atoms with Crippen LogP contribution < -0.4 is 5.32 Å². The number of amides is 1. The first-order chi connectivity index (χ1) is 12.6. The summed E-state index contributed by atoms with van der Waals surface area (Å²) in [7, 11) is 1.80. The van der Waals surface area contributed by atoms with E-state index in [1.54, 1.807) is 11.7 Å². The molecule has 3 rings (SSSR count). The standard InChI is InChI=1S/C18H22N6OS/c1-4-24-16(11-14-8-6-5-7-9-14)20-21-18(24)26-12-17(25)19-15-10-13(2)22-23(15)3/h5-10H,4,11-12H2,1-3H3,(H,19,25). The van der Waals surface area contributed by atoms with Gasteiger partial charge in [-0.2, -0.15) is 5.10 Å². The number of hydrogen-bond donors (Lipinski definition) is 1. The minimum Gasteiger partial charge on any atom is -0.310 e. The summed E-state index contributed by atoms with van der Waals surface area (Å²) in [4.78, 5) is 12.2. The number of benzene rings is 1. The van der Waals surface area contributed by atoms with Gasteiger partial charge in [0, 0.05) is 26.1 Å². The lowest BCUT2D eigenvalue weighted by molar-refractivity contribution is -0.113. The minimum atomic E-state index is -0.0896. The van der Waals surface area contributed by atoms with Crippen molar-refractivity contribution >= 4 is 23.5 Å². The van der Waals surface area contributed by atoms with Crippen molar-refractivity contribution in [3.05, 3.63) is 53.5 Å². The van der Waals surface area contributed by atoms with E-state index in [9.17, 15) is 4.79 Å². The molecule has 0 aliphatic carbocycles. The highest BCUT2D eigenvalue weighted by atomic mass is 32.2. The molecule has 7 nitrogen and oxygen atoms in total. The second-order valence-electron chi connectivity index (χ2n) is 5.94. The topological polar surface area (TPSA) is 77.6 Å². The number of carbonyl (C=O) groups is 1. The molecule has 0 bridgehead atoms. The smallest absolute Gasteiger partial charge is 0.235 e. The van der Waals surface area contributed by atoms with Gasteiger partial charge < -0.3 is 9.88 Å². The van der Waals surface area contributed by atoms with E-state index in [0.29, 0.717) is 5.82 Å². The fourth-order valence-corrected chi connectivity index (χ4v) is 3.51. The number of carbonyl (C=O) groups excluding carboxylic acids is 1. The third kappa shape index (κ3) is 4.32. The maximum absolute atomic E-state index is 12.2. The van der Waals surface area contributed by atoms with Gasteiger partial charge in [0.1, 0.15) is 11.6 Å². The molecular weight excluding hydrogens is 348 g/mol. The molecule has 2 aromatic heterocycles. The summed E-state index contributed by atoms with van der Waals surface area (Å²) in [6.07, 6.45) is 0.725. The van der Waals surface area contributed by atoms with Gasteiger partial charge >= 0.3 is 0 Å². The van der Waals surface area contributed by atoms with Crippen LogP contribution in [0.2, 0.25) is 0 Å². The maximum Gasteiger partial charge on any atom is 0.235 e. The van der Waals surface area contributed by atoms with E-state index in [1.807, 2.05) is 31.2 Å². The normalized spacial score (nSPS) is 10.9. The second-order valence-corrected chi connectivity index (χ2v) is 6.88. The number of nitrogens with one attached hydrogen (secondary N) is 1. The van der Waals surface area contributed by atoms with E-state index in [1.165, 1.54) is 17.3 Å². The number of hydrogen-bond acceptors (Lipinski definition) is 5. The van der Waals surface area contributed by atoms with Crippen LogP contribution >= 0.6 is 11.8 Å². The third-order valence-electron chi connectivity index (χ3n) is 3.92. The number of nitrogens with zero attached hydrogens (tertiary/aromatic N) is 5. The van der Waals surface area contributed by atoms with Crippen LogP contribution in [0, 0.1) is 6.92 Å². The molecule has 0 fully saturated rings. The van der Waals surface area contributed by atoms with Crippen LogP contribution in [0.25, 0.3) is 0 Å². The number of aryl methyl sites for hydroxylation is 2. The summed E-state index contributed by atoms with van der Waals surface area (Å²) < 4.78 is 3.71. The predicted octanol–water partition coefficient (Wildman–Crippen LogP) is 2.66. The number of anilines is 1. The van der Waals surface area contributed by atoms with Crippen LogP contribution in [-0.2, 0) is 24.8 Å². The SMILES string of the molecule is CCn1c(Cc2ccccc2)nnc1SCC(=O)Nc1cc(C)nn1C. The fourth-order valence-electron chi connectivity index (χ4n) is 2.69. The van der Waals surface area contributed by atoms with Crippen molar-refractivity contribution in [2.45, 2.75) is 32.0 Å². The molecule has 2 heterocycles. The van der Waals surface area contributed by atoms with Crippen LogP contribution in [-0.4, -0.2) is 36.2 Å². The van der Waals surface area contributed by atoms with Crippen LogP contribution in [0.5, 0.6) is 0 Å². The highest BCUT2D eigenvalue weighted by molar-refractivity contribution is 7.99. The summed E-state index contributed by atoms with van der Waals surface area (Å²) >= 11 is 1.39. The second kappa shape index (κ2) is 8.18. The molecule has 1 aromatic carbocycles. The lowest BCUT2D eigenvalue weighted by Crippen LogP contribution is -2.17. The van der Waals surface area contributed by atoms with E-state index in [4.69, 9.17) is 0 Å². The van der Waals surface area contributed by atoms with Crippen LogP contribution in [0.1, 0.15) is 24.0 Å². The first-order valence-corrected chi connectivity index (χ1v) is 9.44. The molecule has 0 saturated carbocycles. The Kier molecular flexibility index (Phi) is 5.72. The van der Waals surface area contributed by atoms with Gasteiger partial charge in [0.2, 0.25) is 5.91 Å². The summed E-state index contributed by atoms with van der Waals surface area (Å²) in [6, 6.07) is 12.0. The quantitative estimate of drug-likeness (QED) is 0.647. The van der Waals surface area contributed by atoms with Crippen molar-refractivity contribution in [2.24, 2.45) is 7.05 Å². The van der Waals surface area contributed by atoms with Gasteiger partial charge in [0.15, 0.2) is 5.16 Å². The van der Waals surface area contributed by atoms with Crippen LogP contribution in [0.3, 0.4) is 0 Å². The Morgan fingerprint density at radius 3 is 2.65 bits per heavy atom. The molecule has 3 aromatic rings. The van der Waals surface area contributed by atoms with Gasteiger partial charge in [-0.15, -0.1) is 10.2 Å². The summed E-state index contributed by atoms with van der Waals surface area (Å²) in [5.41, 5.74) is 2.06. The van der Waals surface area contributed by atoms with Gasteiger partial charge in [-0.3, -0.25) is 9.48 Å². The molecule has 0 aliphatic heterocycles. The lowest BCUT2D eigenvalue weighted by atomic mass is 10.1. The average molecular weight is 370 g/mol. The van der Waals surface area contributed by atoms with E-state index < -0.39 is 0 Å². The van der Waals surface area contributed by atoms with Gasteiger partial charge in [-0.1, -0.05) is 42.1 Å². The Morgan fingerprint density at radius 1 is 1.23 bits per heavy atom. The molecule has 0 aliphatic rings. The molecule has 0 atom stereocenters. The highest BCUT2D eigenvalue weighted by Crippen LogP contribution is 2.19. The monoisotopic (exact) mass is 370 g/mol. The van der Waals surface area contributed by atoms with Crippen molar-refractivity contribution in [3.63, 3.8) is 0 Å². The molecule has 8 heteroatoms. The van der Waals surface area contributed by atoms with Gasteiger partial charge in [0.25, 0.3) is 0 Å². The number of rotatable bonds is 7. The zero-order valence-corrected chi connectivity index (χ0v) is 16.0. The predicted molar refractivity (Wildman–Crippen MR) is 102 cm³/mol. The van der Waals surface area contributed by atoms with Crippen LogP contribution in [0.15, 0.2) is 41.6 Å². The molecule has 1 amide bonds. The van der Waals surface area contributed by atoms with Crippen molar-refractivity contribution < 1.29 is 4.79 Å². The van der Waals surface area contributed by atoms with Crippen molar-refractivity contribution in [2.75, 3.05) is 11.1 Å². The van der Waals surface area contributed by atoms with Crippen molar-refractivity contribution in [3.8, 4) is 0 Å². The Balaban J connectivity index is 1.63. The summed E-state index contributed by atoms with van der Waals surface area (Å²) in [5, 5.41) is 16.4. The van der Waals surface area contributed by atoms with Crippen molar-refractivity contribution in [1.82, 2.24) is 24.5 Å². The van der Waals surface area contributed by atoms with Crippen molar-refractivity contribution in [1.29, 1.82) is 0 Å². The van der Waals surface area contributed by atoms with E-state index in [2.05, 4.69) is 44.2 Å². The Bertz CT molecular complexity index is 886. The van der Waals surface area contributed by atoms with Crippen LogP contribution in [0.4, 0.5) is 5.82 Å². The minimum absolute atomic E-state index is 0.0896. The Labute approximate surface area is 156 Å². The molecule has 0 saturated heterocycles. The Morgan fingerprint density at radius 2 is 2.00 bits per heavy atom. The third-order valence-corrected chi connectivity index (χ3v) is 4.88.